The highest BCUT2D eigenvalue weighted by molar-refractivity contribution is 4.77. The van der Waals surface area contributed by atoms with E-state index in [9.17, 15) is 0 Å². The first kappa shape index (κ1) is 18.0. The van der Waals surface area contributed by atoms with Crippen LogP contribution in [0.2, 0.25) is 0 Å². The smallest absolute Gasteiger partial charge is 0.00723 e. The lowest BCUT2D eigenvalue weighted by Crippen LogP contribution is -2.34. The van der Waals surface area contributed by atoms with Crippen LogP contribution in [0.15, 0.2) is 0 Å². The van der Waals surface area contributed by atoms with Crippen LogP contribution >= 0.6 is 0 Å². The standard InChI is InChI=1S/C19H39N/c1-4-7-11-17(6-3)15-19(20-14-5-2)16-18-12-9-8-10-13-18/h17-20H,4-16H2,1-3H3. The number of nitrogens with one attached hydrogen (secondary N) is 1. The Morgan fingerprint density at radius 1 is 1.00 bits per heavy atom. The van der Waals surface area contributed by atoms with Crippen molar-refractivity contribution in [1.82, 2.24) is 5.32 Å². The number of unbranched alkanes of at least 4 members (excludes halogenated alkanes) is 1. The minimum atomic E-state index is 0.792. The molecule has 2 atom stereocenters. The molecule has 0 bridgehead atoms. The first-order chi connectivity index (χ1) is 9.80. The fourth-order valence-corrected chi connectivity index (χ4v) is 3.82. The van der Waals surface area contributed by atoms with Gasteiger partial charge in [-0.05, 0) is 37.6 Å². The number of hydrogen-bond acceptors (Lipinski definition) is 1. The molecule has 120 valence electrons. The highest BCUT2D eigenvalue weighted by atomic mass is 14.9. The molecule has 1 nitrogen and oxygen atoms in total. The topological polar surface area (TPSA) is 12.0 Å². The average molecular weight is 282 g/mol. The summed E-state index contributed by atoms with van der Waals surface area (Å²) in [6.07, 6.45) is 17.2. The molecule has 1 saturated carbocycles. The van der Waals surface area contributed by atoms with Crippen LogP contribution in [0.4, 0.5) is 0 Å². The fraction of sp³-hybridized carbons (Fsp3) is 1.00. The van der Waals surface area contributed by atoms with Crippen LogP contribution in [0, 0.1) is 11.8 Å². The molecule has 0 saturated heterocycles. The van der Waals surface area contributed by atoms with Crippen LogP contribution in [0.25, 0.3) is 0 Å². The molecule has 0 aromatic rings. The molecular weight excluding hydrogens is 242 g/mol. The molecule has 0 amide bonds. The van der Waals surface area contributed by atoms with E-state index in [4.69, 9.17) is 0 Å². The van der Waals surface area contributed by atoms with Gasteiger partial charge in [0.05, 0.1) is 0 Å². The Morgan fingerprint density at radius 2 is 1.75 bits per heavy atom. The molecule has 1 aliphatic carbocycles. The van der Waals surface area contributed by atoms with Crippen LogP contribution in [0.5, 0.6) is 0 Å². The number of rotatable bonds is 11. The lowest BCUT2D eigenvalue weighted by Gasteiger charge is -2.29. The van der Waals surface area contributed by atoms with Crippen molar-refractivity contribution in [3.63, 3.8) is 0 Å². The maximum atomic E-state index is 3.86. The molecule has 0 radical (unpaired) electrons. The van der Waals surface area contributed by atoms with Gasteiger partial charge in [0, 0.05) is 6.04 Å². The Bertz CT molecular complexity index is 208. The van der Waals surface area contributed by atoms with Crippen molar-refractivity contribution < 1.29 is 0 Å². The molecule has 1 aliphatic rings. The van der Waals surface area contributed by atoms with Gasteiger partial charge in [0.15, 0.2) is 0 Å². The predicted molar refractivity (Wildman–Crippen MR) is 91.2 cm³/mol. The fourth-order valence-electron chi connectivity index (χ4n) is 3.82. The normalized spacial score (nSPS) is 19.9. The summed E-state index contributed by atoms with van der Waals surface area (Å²) in [7, 11) is 0. The van der Waals surface area contributed by atoms with Gasteiger partial charge in [-0.15, -0.1) is 0 Å². The minimum absolute atomic E-state index is 0.792. The summed E-state index contributed by atoms with van der Waals surface area (Å²) in [5, 5.41) is 3.86. The van der Waals surface area contributed by atoms with Crippen LogP contribution in [-0.2, 0) is 0 Å². The molecule has 0 aromatic carbocycles. The molecule has 1 fully saturated rings. The Hall–Kier alpha value is -0.0400. The van der Waals surface area contributed by atoms with Gasteiger partial charge >= 0.3 is 0 Å². The molecule has 1 rings (SSSR count). The second-order valence-corrected chi connectivity index (χ2v) is 7.04. The van der Waals surface area contributed by atoms with Crippen molar-refractivity contribution in [3.8, 4) is 0 Å². The zero-order chi connectivity index (χ0) is 14.6. The first-order valence-electron chi connectivity index (χ1n) is 9.53. The molecule has 0 aliphatic heterocycles. The quantitative estimate of drug-likeness (QED) is 0.495. The zero-order valence-electron chi connectivity index (χ0n) is 14.4. The summed E-state index contributed by atoms with van der Waals surface area (Å²) >= 11 is 0. The van der Waals surface area contributed by atoms with Gasteiger partial charge in [-0.1, -0.05) is 78.6 Å². The summed E-state index contributed by atoms with van der Waals surface area (Å²) in [6, 6.07) is 0.792. The van der Waals surface area contributed by atoms with Gasteiger partial charge in [0.2, 0.25) is 0 Å². The third-order valence-corrected chi connectivity index (χ3v) is 5.19. The number of hydrogen-bond donors (Lipinski definition) is 1. The Kier molecular flexibility index (Phi) is 10.4. The summed E-state index contributed by atoms with van der Waals surface area (Å²) in [5.74, 6) is 1.97. The average Bonchev–Trinajstić information content (AvgIpc) is 2.49. The highest BCUT2D eigenvalue weighted by Crippen LogP contribution is 2.30. The van der Waals surface area contributed by atoms with E-state index in [0.29, 0.717) is 0 Å². The van der Waals surface area contributed by atoms with E-state index in [1.165, 1.54) is 83.6 Å². The van der Waals surface area contributed by atoms with Crippen molar-refractivity contribution >= 4 is 0 Å². The molecule has 20 heavy (non-hydrogen) atoms. The predicted octanol–water partition coefficient (Wildman–Crippen LogP) is 5.93. The SMILES string of the molecule is CCCCC(CC)CC(CC1CCCCC1)NCCC. The summed E-state index contributed by atoms with van der Waals surface area (Å²) in [5.41, 5.74) is 0. The molecule has 0 spiro atoms. The van der Waals surface area contributed by atoms with E-state index in [0.717, 1.165) is 17.9 Å². The molecule has 0 aromatic heterocycles. The Morgan fingerprint density at radius 3 is 2.35 bits per heavy atom. The summed E-state index contributed by atoms with van der Waals surface area (Å²) < 4.78 is 0. The van der Waals surface area contributed by atoms with Gasteiger partial charge in [0.1, 0.15) is 0 Å². The van der Waals surface area contributed by atoms with Gasteiger partial charge in [-0.25, -0.2) is 0 Å². The first-order valence-corrected chi connectivity index (χ1v) is 9.53. The van der Waals surface area contributed by atoms with Gasteiger partial charge in [-0.2, -0.15) is 0 Å². The second-order valence-electron chi connectivity index (χ2n) is 7.04. The van der Waals surface area contributed by atoms with Gasteiger partial charge < -0.3 is 5.32 Å². The van der Waals surface area contributed by atoms with Crippen LogP contribution < -0.4 is 5.32 Å². The van der Waals surface area contributed by atoms with E-state index < -0.39 is 0 Å². The van der Waals surface area contributed by atoms with Crippen molar-refractivity contribution in [2.75, 3.05) is 6.54 Å². The maximum Gasteiger partial charge on any atom is 0.00723 e. The van der Waals surface area contributed by atoms with Crippen molar-refractivity contribution in [3.05, 3.63) is 0 Å². The van der Waals surface area contributed by atoms with Crippen LogP contribution in [-0.4, -0.2) is 12.6 Å². The maximum absolute atomic E-state index is 3.86. The van der Waals surface area contributed by atoms with E-state index >= 15 is 0 Å². The van der Waals surface area contributed by atoms with Crippen LogP contribution in [0.1, 0.15) is 97.8 Å². The molecule has 2 unspecified atom stereocenters. The van der Waals surface area contributed by atoms with Crippen molar-refractivity contribution in [1.29, 1.82) is 0 Å². The second kappa shape index (κ2) is 11.6. The van der Waals surface area contributed by atoms with Crippen molar-refractivity contribution in [2.45, 2.75) is 104 Å². The molecular formula is C19H39N. The summed E-state index contributed by atoms with van der Waals surface area (Å²) in [4.78, 5) is 0. The minimum Gasteiger partial charge on any atom is -0.314 e. The van der Waals surface area contributed by atoms with Crippen molar-refractivity contribution in [2.24, 2.45) is 11.8 Å². The lowest BCUT2D eigenvalue weighted by atomic mass is 9.82. The summed E-state index contributed by atoms with van der Waals surface area (Å²) in [6.45, 7) is 8.21. The lowest BCUT2D eigenvalue weighted by molar-refractivity contribution is 0.263. The largest absolute Gasteiger partial charge is 0.314 e. The van der Waals surface area contributed by atoms with E-state index in [1.54, 1.807) is 0 Å². The van der Waals surface area contributed by atoms with Crippen LogP contribution in [0.3, 0.4) is 0 Å². The Balaban J connectivity index is 2.39. The zero-order valence-corrected chi connectivity index (χ0v) is 14.4. The van der Waals surface area contributed by atoms with E-state index in [1.807, 2.05) is 0 Å². The molecule has 0 heterocycles. The third-order valence-electron chi connectivity index (χ3n) is 5.19. The third kappa shape index (κ3) is 7.67. The Labute approximate surface area is 128 Å². The van der Waals surface area contributed by atoms with E-state index in [2.05, 4.69) is 26.1 Å². The highest BCUT2D eigenvalue weighted by Gasteiger charge is 2.21. The molecule has 1 N–H and O–H groups in total. The van der Waals surface area contributed by atoms with Gasteiger partial charge in [-0.3, -0.25) is 0 Å². The van der Waals surface area contributed by atoms with Gasteiger partial charge in [0.25, 0.3) is 0 Å². The monoisotopic (exact) mass is 281 g/mol. The molecule has 1 heteroatoms. The van der Waals surface area contributed by atoms with E-state index in [-0.39, 0.29) is 0 Å².